The fourth-order valence-electron chi connectivity index (χ4n) is 0.667. The number of hydrogen-bond acceptors (Lipinski definition) is 3. The molecule has 0 spiro atoms. The third-order valence-electron chi connectivity index (χ3n) is 1.22. The molecular weight excluding hydrogens is 148 g/mol. The maximum absolute atomic E-state index is 8.95. The monoisotopic (exact) mass is 156 g/mol. The number of hydrogen-bond donors (Lipinski definition) is 3. The molecule has 0 aliphatic heterocycles. The van der Waals surface area contributed by atoms with Crippen LogP contribution in [0.3, 0.4) is 0 Å². The minimum Gasteiger partial charge on any atom is -0.504 e. The normalized spacial score (nSPS) is 9.70. The Balaban J connectivity index is 3.04. The number of rotatable bonds is 1. The van der Waals surface area contributed by atoms with Crippen LogP contribution in [-0.2, 0) is 5.75 Å². The SMILES string of the molecule is Oc1ccc(CS)cc1O. The van der Waals surface area contributed by atoms with Gasteiger partial charge < -0.3 is 10.2 Å². The van der Waals surface area contributed by atoms with Gasteiger partial charge in [0.1, 0.15) is 0 Å². The summed E-state index contributed by atoms with van der Waals surface area (Å²) in [7, 11) is 0. The van der Waals surface area contributed by atoms with Crippen molar-refractivity contribution in [1.29, 1.82) is 0 Å². The van der Waals surface area contributed by atoms with E-state index in [0.29, 0.717) is 5.75 Å². The molecule has 1 aromatic rings. The second kappa shape index (κ2) is 2.84. The average molecular weight is 156 g/mol. The lowest BCUT2D eigenvalue weighted by atomic mass is 10.2. The van der Waals surface area contributed by atoms with Gasteiger partial charge in [0.15, 0.2) is 11.5 Å². The van der Waals surface area contributed by atoms with Crippen LogP contribution in [0.2, 0.25) is 0 Å². The number of phenols is 2. The predicted molar refractivity (Wildman–Crippen MR) is 42.5 cm³/mol. The van der Waals surface area contributed by atoms with Gasteiger partial charge in [-0.2, -0.15) is 12.6 Å². The molecule has 0 amide bonds. The topological polar surface area (TPSA) is 40.5 Å². The average Bonchev–Trinajstić information content (AvgIpc) is 1.95. The second-order valence-electron chi connectivity index (χ2n) is 1.98. The number of aromatic hydroxyl groups is 2. The van der Waals surface area contributed by atoms with Gasteiger partial charge in [-0.3, -0.25) is 0 Å². The highest BCUT2D eigenvalue weighted by Crippen LogP contribution is 2.25. The Kier molecular flexibility index (Phi) is 2.06. The van der Waals surface area contributed by atoms with E-state index in [4.69, 9.17) is 10.2 Å². The molecule has 1 aromatic carbocycles. The van der Waals surface area contributed by atoms with E-state index in [2.05, 4.69) is 12.6 Å². The molecule has 0 heterocycles. The van der Waals surface area contributed by atoms with Gasteiger partial charge in [0.05, 0.1) is 0 Å². The van der Waals surface area contributed by atoms with E-state index < -0.39 is 0 Å². The summed E-state index contributed by atoms with van der Waals surface area (Å²) in [5, 5.41) is 17.8. The lowest BCUT2D eigenvalue weighted by Crippen LogP contribution is -1.75. The standard InChI is InChI=1S/C7H8O2S/c8-6-2-1-5(4-10)3-7(6)9/h1-3,8-10H,4H2. The van der Waals surface area contributed by atoms with Crippen molar-refractivity contribution >= 4 is 12.6 Å². The predicted octanol–water partition coefficient (Wildman–Crippen LogP) is 1.53. The Morgan fingerprint density at radius 3 is 2.40 bits per heavy atom. The van der Waals surface area contributed by atoms with Gasteiger partial charge in [0.25, 0.3) is 0 Å². The van der Waals surface area contributed by atoms with Crippen LogP contribution in [0.15, 0.2) is 18.2 Å². The van der Waals surface area contributed by atoms with Crippen LogP contribution in [0.1, 0.15) is 5.56 Å². The smallest absolute Gasteiger partial charge is 0.157 e. The van der Waals surface area contributed by atoms with Crippen molar-refractivity contribution < 1.29 is 10.2 Å². The molecule has 10 heavy (non-hydrogen) atoms. The highest BCUT2D eigenvalue weighted by molar-refractivity contribution is 7.79. The van der Waals surface area contributed by atoms with Crippen LogP contribution in [0, 0.1) is 0 Å². The Hall–Kier alpha value is -0.830. The largest absolute Gasteiger partial charge is 0.504 e. The van der Waals surface area contributed by atoms with E-state index >= 15 is 0 Å². The summed E-state index contributed by atoms with van der Waals surface area (Å²) >= 11 is 4.00. The van der Waals surface area contributed by atoms with E-state index in [1.54, 1.807) is 6.07 Å². The van der Waals surface area contributed by atoms with E-state index in [1.807, 2.05) is 0 Å². The van der Waals surface area contributed by atoms with Crippen molar-refractivity contribution in [2.75, 3.05) is 0 Å². The maximum atomic E-state index is 8.95. The van der Waals surface area contributed by atoms with Crippen LogP contribution >= 0.6 is 12.6 Å². The number of benzene rings is 1. The molecule has 3 heteroatoms. The summed E-state index contributed by atoms with van der Waals surface area (Å²) < 4.78 is 0. The Labute approximate surface area is 64.5 Å². The zero-order chi connectivity index (χ0) is 7.56. The zero-order valence-electron chi connectivity index (χ0n) is 5.28. The molecule has 0 unspecified atom stereocenters. The summed E-state index contributed by atoms with van der Waals surface area (Å²) in [6, 6.07) is 4.64. The Bertz CT molecular complexity index is 235. The minimum atomic E-state index is -0.0921. The first kappa shape index (κ1) is 7.28. The molecule has 0 aliphatic carbocycles. The van der Waals surface area contributed by atoms with Crippen molar-refractivity contribution in [1.82, 2.24) is 0 Å². The molecule has 0 radical (unpaired) electrons. The lowest BCUT2D eigenvalue weighted by Gasteiger charge is -1.98. The van der Waals surface area contributed by atoms with Gasteiger partial charge in [-0.15, -0.1) is 0 Å². The first-order chi connectivity index (χ1) is 4.74. The van der Waals surface area contributed by atoms with E-state index in [1.165, 1.54) is 12.1 Å². The van der Waals surface area contributed by atoms with E-state index in [9.17, 15) is 0 Å². The molecule has 0 saturated carbocycles. The highest BCUT2D eigenvalue weighted by atomic mass is 32.1. The first-order valence-electron chi connectivity index (χ1n) is 2.86. The number of phenolic OH excluding ortho intramolecular Hbond substituents is 2. The molecule has 54 valence electrons. The van der Waals surface area contributed by atoms with Gasteiger partial charge in [-0.25, -0.2) is 0 Å². The molecule has 1 rings (SSSR count). The molecular formula is C7H8O2S. The fraction of sp³-hybridized carbons (Fsp3) is 0.143. The molecule has 0 aromatic heterocycles. The van der Waals surface area contributed by atoms with Gasteiger partial charge in [-0.05, 0) is 17.7 Å². The van der Waals surface area contributed by atoms with Gasteiger partial charge in [-0.1, -0.05) is 6.07 Å². The zero-order valence-corrected chi connectivity index (χ0v) is 6.18. The third kappa shape index (κ3) is 1.36. The fourth-order valence-corrected chi connectivity index (χ4v) is 0.864. The van der Waals surface area contributed by atoms with Gasteiger partial charge >= 0.3 is 0 Å². The van der Waals surface area contributed by atoms with Crippen molar-refractivity contribution in [2.24, 2.45) is 0 Å². The quantitative estimate of drug-likeness (QED) is 0.426. The van der Waals surface area contributed by atoms with Crippen LogP contribution < -0.4 is 0 Å². The van der Waals surface area contributed by atoms with Crippen molar-refractivity contribution in [3.8, 4) is 11.5 Å². The Morgan fingerprint density at radius 1 is 1.20 bits per heavy atom. The van der Waals surface area contributed by atoms with Crippen LogP contribution in [0.25, 0.3) is 0 Å². The van der Waals surface area contributed by atoms with Gasteiger partial charge in [0.2, 0.25) is 0 Å². The summed E-state index contributed by atoms with van der Waals surface area (Å²) in [6.07, 6.45) is 0. The summed E-state index contributed by atoms with van der Waals surface area (Å²) in [5.74, 6) is 0.380. The van der Waals surface area contributed by atoms with Crippen molar-refractivity contribution in [3.05, 3.63) is 23.8 Å². The second-order valence-corrected chi connectivity index (χ2v) is 2.30. The van der Waals surface area contributed by atoms with Crippen molar-refractivity contribution in [3.63, 3.8) is 0 Å². The number of thiol groups is 1. The Morgan fingerprint density at radius 2 is 1.90 bits per heavy atom. The summed E-state index contributed by atoms with van der Waals surface area (Å²) in [5.41, 5.74) is 0.888. The van der Waals surface area contributed by atoms with Crippen LogP contribution in [0.5, 0.6) is 11.5 Å². The van der Waals surface area contributed by atoms with E-state index in [0.717, 1.165) is 5.56 Å². The third-order valence-corrected chi connectivity index (χ3v) is 1.59. The molecule has 2 N–H and O–H groups in total. The molecule has 2 nitrogen and oxygen atoms in total. The first-order valence-corrected chi connectivity index (χ1v) is 3.49. The van der Waals surface area contributed by atoms with Crippen LogP contribution in [0.4, 0.5) is 0 Å². The molecule has 0 atom stereocenters. The maximum Gasteiger partial charge on any atom is 0.157 e. The minimum absolute atomic E-state index is 0.0912. The lowest BCUT2D eigenvalue weighted by molar-refractivity contribution is 0.403. The van der Waals surface area contributed by atoms with E-state index in [-0.39, 0.29) is 11.5 Å². The molecule has 0 aliphatic rings. The van der Waals surface area contributed by atoms with Crippen LogP contribution in [-0.4, -0.2) is 10.2 Å². The van der Waals surface area contributed by atoms with Crippen molar-refractivity contribution in [2.45, 2.75) is 5.75 Å². The molecule has 0 bridgehead atoms. The summed E-state index contributed by atoms with van der Waals surface area (Å²) in [6.45, 7) is 0. The van der Waals surface area contributed by atoms with Gasteiger partial charge in [0, 0.05) is 5.75 Å². The molecule has 0 fully saturated rings. The molecule has 0 saturated heterocycles. The highest BCUT2D eigenvalue weighted by Gasteiger charge is 1.97. The summed E-state index contributed by atoms with van der Waals surface area (Å²) in [4.78, 5) is 0.